The number of aromatic nitrogens is 4. The fourth-order valence-electron chi connectivity index (χ4n) is 1.73. The van der Waals surface area contributed by atoms with Gasteiger partial charge in [0.05, 0.1) is 0 Å². The number of rotatable bonds is 5. The van der Waals surface area contributed by atoms with Crippen LogP contribution in [0.2, 0.25) is 0 Å². The van der Waals surface area contributed by atoms with E-state index in [0.29, 0.717) is 12.5 Å². The minimum atomic E-state index is 0.554. The lowest BCUT2D eigenvalue weighted by molar-refractivity contribution is 0.481. The molecule has 0 unspecified atom stereocenters. The third kappa shape index (κ3) is 2.92. The summed E-state index contributed by atoms with van der Waals surface area (Å²) >= 11 is 0. The Kier molecular flexibility index (Phi) is 4.04. The fraction of sp³-hybridized carbons (Fsp3) is 0.462. The predicted octanol–water partition coefficient (Wildman–Crippen LogP) is 1.84. The van der Waals surface area contributed by atoms with Crippen LogP contribution >= 0.6 is 0 Å². The number of aryl methyl sites for hydroxylation is 1. The predicted molar refractivity (Wildman–Crippen MR) is 70.6 cm³/mol. The lowest BCUT2D eigenvalue weighted by atomic mass is 10.1. The van der Waals surface area contributed by atoms with Gasteiger partial charge in [0.25, 0.3) is 0 Å². The van der Waals surface area contributed by atoms with E-state index in [9.17, 15) is 0 Å². The highest BCUT2D eigenvalue weighted by Gasteiger charge is 2.09. The second kappa shape index (κ2) is 5.73. The molecule has 0 amide bonds. The fourth-order valence-corrected chi connectivity index (χ4v) is 1.73. The lowest BCUT2D eigenvalue weighted by Crippen LogP contribution is -2.05. The molecule has 0 fully saturated rings. The Bertz CT molecular complexity index is 486. The SMILES string of the molecule is CC(C)CCn1nnnc1-c1ccc(CN)cc1. The van der Waals surface area contributed by atoms with Gasteiger partial charge in [-0.2, -0.15) is 0 Å². The zero-order valence-corrected chi connectivity index (χ0v) is 10.9. The van der Waals surface area contributed by atoms with E-state index in [1.54, 1.807) is 0 Å². The molecule has 0 saturated heterocycles. The molecule has 0 aliphatic rings. The van der Waals surface area contributed by atoms with Crippen molar-refractivity contribution in [3.8, 4) is 11.4 Å². The Morgan fingerprint density at radius 3 is 2.56 bits per heavy atom. The first-order valence-corrected chi connectivity index (χ1v) is 6.26. The second-order valence-electron chi connectivity index (χ2n) is 4.81. The molecule has 0 atom stereocenters. The molecule has 18 heavy (non-hydrogen) atoms. The van der Waals surface area contributed by atoms with Crippen LogP contribution in [0.3, 0.4) is 0 Å². The second-order valence-corrected chi connectivity index (χ2v) is 4.81. The Morgan fingerprint density at radius 1 is 1.22 bits per heavy atom. The van der Waals surface area contributed by atoms with E-state index < -0.39 is 0 Å². The molecule has 0 saturated carbocycles. The van der Waals surface area contributed by atoms with Crippen molar-refractivity contribution in [2.24, 2.45) is 11.7 Å². The molecular weight excluding hydrogens is 226 g/mol. The minimum Gasteiger partial charge on any atom is -0.326 e. The number of hydrogen-bond donors (Lipinski definition) is 1. The molecule has 96 valence electrons. The zero-order chi connectivity index (χ0) is 13.0. The van der Waals surface area contributed by atoms with E-state index in [-0.39, 0.29) is 0 Å². The van der Waals surface area contributed by atoms with Crippen LogP contribution in [0, 0.1) is 5.92 Å². The molecule has 1 aromatic heterocycles. The van der Waals surface area contributed by atoms with Gasteiger partial charge < -0.3 is 5.73 Å². The van der Waals surface area contributed by atoms with Gasteiger partial charge in [-0.1, -0.05) is 38.1 Å². The highest BCUT2D eigenvalue weighted by Crippen LogP contribution is 2.17. The van der Waals surface area contributed by atoms with E-state index in [4.69, 9.17) is 5.73 Å². The quantitative estimate of drug-likeness (QED) is 0.872. The normalized spacial score (nSPS) is 11.1. The van der Waals surface area contributed by atoms with Gasteiger partial charge in [-0.15, -0.1) is 5.10 Å². The molecule has 0 aliphatic heterocycles. The summed E-state index contributed by atoms with van der Waals surface area (Å²) in [4.78, 5) is 0. The summed E-state index contributed by atoms with van der Waals surface area (Å²) < 4.78 is 1.86. The van der Waals surface area contributed by atoms with Crippen LogP contribution < -0.4 is 5.73 Å². The summed E-state index contributed by atoms with van der Waals surface area (Å²) in [6.07, 6.45) is 1.07. The summed E-state index contributed by atoms with van der Waals surface area (Å²) in [5, 5.41) is 11.9. The van der Waals surface area contributed by atoms with E-state index in [0.717, 1.165) is 29.9 Å². The largest absolute Gasteiger partial charge is 0.326 e. The average molecular weight is 245 g/mol. The van der Waals surface area contributed by atoms with E-state index >= 15 is 0 Å². The first-order valence-electron chi connectivity index (χ1n) is 6.26. The minimum absolute atomic E-state index is 0.554. The van der Waals surface area contributed by atoms with Gasteiger partial charge in [-0.25, -0.2) is 4.68 Å². The molecule has 5 heteroatoms. The van der Waals surface area contributed by atoms with Crippen molar-refractivity contribution in [3.63, 3.8) is 0 Å². The Labute approximate surface area is 107 Å². The molecule has 0 aliphatic carbocycles. The smallest absolute Gasteiger partial charge is 0.182 e. The Morgan fingerprint density at radius 2 is 1.94 bits per heavy atom. The van der Waals surface area contributed by atoms with Crippen molar-refractivity contribution in [1.82, 2.24) is 20.2 Å². The van der Waals surface area contributed by atoms with E-state index in [1.165, 1.54) is 0 Å². The van der Waals surface area contributed by atoms with Crippen molar-refractivity contribution in [3.05, 3.63) is 29.8 Å². The van der Waals surface area contributed by atoms with Crippen LogP contribution in [0.1, 0.15) is 25.8 Å². The highest BCUT2D eigenvalue weighted by molar-refractivity contribution is 5.54. The first-order chi connectivity index (χ1) is 8.70. The van der Waals surface area contributed by atoms with Crippen molar-refractivity contribution in [1.29, 1.82) is 0 Å². The van der Waals surface area contributed by atoms with Crippen molar-refractivity contribution >= 4 is 0 Å². The zero-order valence-electron chi connectivity index (χ0n) is 10.9. The molecule has 1 heterocycles. The first kappa shape index (κ1) is 12.7. The van der Waals surface area contributed by atoms with Crippen LogP contribution in [0.4, 0.5) is 0 Å². The number of nitrogens with two attached hydrogens (primary N) is 1. The van der Waals surface area contributed by atoms with Crippen LogP contribution in [0.5, 0.6) is 0 Å². The molecular formula is C13H19N5. The van der Waals surface area contributed by atoms with Crippen molar-refractivity contribution in [2.75, 3.05) is 0 Å². The van der Waals surface area contributed by atoms with E-state index in [2.05, 4.69) is 29.4 Å². The molecule has 2 aromatic rings. The van der Waals surface area contributed by atoms with Gasteiger partial charge in [-0.05, 0) is 28.3 Å². The standard InChI is InChI=1S/C13H19N5/c1-10(2)7-8-18-13(15-16-17-18)12-5-3-11(9-14)4-6-12/h3-6,10H,7-9,14H2,1-2H3. The van der Waals surface area contributed by atoms with Gasteiger partial charge in [0.1, 0.15) is 0 Å². The van der Waals surface area contributed by atoms with E-state index in [1.807, 2.05) is 28.9 Å². The third-order valence-electron chi connectivity index (χ3n) is 2.90. The van der Waals surface area contributed by atoms with Gasteiger partial charge in [0.15, 0.2) is 5.82 Å². The van der Waals surface area contributed by atoms with Crippen LogP contribution in [0.25, 0.3) is 11.4 Å². The van der Waals surface area contributed by atoms with Gasteiger partial charge in [-0.3, -0.25) is 0 Å². The van der Waals surface area contributed by atoms with Gasteiger partial charge in [0, 0.05) is 18.7 Å². The van der Waals surface area contributed by atoms with Crippen LogP contribution in [-0.4, -0.2) is 20.2 Å². The van der Waals surface area contributed by atoms with Crippen LogP contribution in [0.15, 0.2) is 24.3 Å². The van der Waals surface area contributed by atoms with Crippen molar-refractivity contribution in [2.45, 2.75) is 33.4 Å². The topological polar surface area (TPSA) is 69.6 Å². The van der Waals surface area contributed by atoms with Crippen LogP contribution in [-0.2, 0) is 13.1 Å². The third-order valence-corrected chi connectivity index (χ3v) is 2.90. The maximum absolute atomic E-state index is 5.58. The molecule has 0 bridgehead atoms. The summed E-state index contributed by atoms with van der Waals surface area (Å²) in [7, 11) is 0. The molecule has 0 radical (unpaired) electrons. The Balaban J connectivity index is 2.19. The maximum atomic E-state index is 5.58. The molecule has 5 nitrogen and oxygen atoms in total. The number of hydrogen-bond acceptors (Lipinski definition) is 4. The summed E-state index contributed by atoms with van der Waals surface area (Å²) in [5.41, 5.74) is 7.72. The molecule has 2 N–H and O–H groups in total. The van der Waals surface area contributed by atoms with Gasteiger partial charge >= 0.3 is 0 Å². The summed E-state index contributed by atoms with van der Waals surface area (Å²) in [6.45, 7) is 5.79. The highest BCUT2D eigenvalue weighted by atomic mass is 15.5. The maximum Gasteiger partial charge on any atom is 0.182 e. The Hall–Kier alpha value is -1.75. The summed E-state index contributed by atoms with van der Waals surface area (Å²) in [5.74, 6) is 1.46. The lowest BCUT2D eigenvalue weighted by Gasteiger charge is -2.07. The number of tetrazole rings is 1. The summed E-state index contributed by atoms with van der Waals surface area (Å²) in [6, 6.07) is 8.05. The number of benzene rings is 1. The monoisotopic (exact) mass is 245 g/mol. The number of nitrogens with zero attached hydrogens (tertiary/aromatic N) is 4. The molecule has 0 spiro atoms. The van der Waals surface area contributed by atoms with Gasteiger partial charge in [0.2, 0.25) is 0 Å². The molecule has 2 rings (SSSR count). The average Bonchev–Trinajstić information content (AvgIpc) is 2.85. The van der Waals surface area contributed by atoms with Crippen molar-refractivity contribution < 1.29 is 0 Å². The molecule has 1 aromatic carbocycles.